The van der Waals surface area contributed by atoms with Gasteiger partial charge in [-0.25, -0.2) is 4.79 Å². The van der Waals surface area contributed by atoms with Gasteiger partial charge in [0.05, 0.1) is 15.7 Å². The van der Waals surface area contributed by atoms with Crippen molar-refractivity contribution in [2.45, 2.75) is 0 Å². The van der Waals surface area contributed by atoms with Gasteiger partial charge in [-0.3, -0.25) is 4.79 Å². The number of aliphatic carboxylic acids is 1. The Morgan fingerprint density at radius 2 is 1.94 bits per heavy atom. The summed E-state index contributed by atoms with van der Waals surface area (Å²) in [5.74, 6) is -1.79. The van der Waals surface area contributed by atoms with Crippen LogP contribution in [0, 0.1) is 0 Å². The van der Waals surface area contributed by atoms with Gasteiger partial charge in [-0.2, -0.15) is 0 Å². The largest absolute Gasteiger partial charge is 0.478 e. The molecular weight excluding hydrogens is 253 g/mol. The second-order valence-electron chi connectivity index (χ2n) is 2.76. The molecule has 84 valence electrons. The molecule has 0 unspecified atom stereocenters. The first kappa shape index (κ1) is 12.5. The van der Waals surface area contributed by atoms with Gasteiger partial charge in [0.2, 0.25) is 5.91 Å². The number of benzene rings is 1. The van der Waals surface area contributed by atoms with Gasteiger partial charge in [0.1, 0.15) is 0 Å². The van der Waals surface area contributed by atoms with Gasteiger partial charge in [0.15, 0.2) is 0 Å². The van der Waals surface area contributed by atoms with E-state index in [9.17, 15) is 9.59 Å². The minimum Gasteiger partial charge on any atom is -0.478 e. The van der Waals surface area contributed by atoms with Crippen molar-refractivity contribution < 1.29 is 14.7 Å². The third kappa shape index (κ3) is 3.56. The summed E-state index contributed by atoms with van der Waals surface area (Å²) in [4.78, 5) is 21.4. The van der Waals surface area contributed by atoms with E-state index in [2.05, 4.69) is 5.32 Å². The summed E-state index contributed by atoms with van der Waals surface area (Å²) < 4.78 is 0. The normalized spacial score (nSPS) is 10.4. The van der Waals surface area contributed by atoms with Crippen LogP contribution in [-0.2, 0) is 9.59 Å². The van der Waals surface area contributed by atoms with Gasteiger partial charge >= 0.3 is 5.97 Å². The summed E-state index contributed by atoms with van der Waals surface area (Å²) in [7, 11) is 0. The summed E-state index contributed by atoms with van der Waals surface area (Å²) in [5.41, 5.74) is 0.328. The maximum Gasteiger partial charge on any atom is 0.328 e. The SMILES string of the molecule is O=C(O)C=CC(=O)Nc1cccc(Cl)c1Cl. The molecule has 0 aromatic heterocycles. The second-order valence-corrected chi connectivity index (χ2v) is 3.55. The van der Waals surface area contributed by atoms with Crippen LogP contribution in [-0.4, -0.2) is 17.0 Å². The first-order valence-electron chi connectivity index (χ1n) is 4.16. The molecule has 1 aromatic rings. The number of rotatable bonds is 3. The summed E-state index contributed by atoms with van der Waals surface area (Å²) in [6, 6.07) is 4.75. The molecule has 0 aliphatic carbocycles. The van der Waals surface area contributed by atoms with Gasteiger partial charge < -0.3 is 10.4 Å². The Balaban J connectivity index is 2.78. The molecule has 0 saturated carbocycles. The minimum absolute atomic E-state index is 0.209. The van der Waals surface area contributed by atoms with Crippen LogP contribution in [0.25, 0.3) is 0 Å². The van der Waals surface area contributed by atoms with Gasteiger partial charge in [-0.1, -0.05) is 29.3 Å². The number of carboxylic acid groups (broad SMARTS) is 1. The van der Waals surface area contributed by atoms with Crippen molar-refractivity contribution >= 4 is 40.8 Å². The number of carbonyl (C=O) groups excluding carboxylic acids is 1. The molecule has 0 radical (unpaired) electrons. The molecule has 0 heterocycles. The fourth-order valence-corrected chi connectivity index (χ4v) is 1.27. The highest BCUT2D eigenvalue weighted by Gasteiger charge is 2.06. The van der Waals surface area contributed by atoms with Crippen molar-refractivity contribution in [2.75, 3.05) is 5.32 Å². The number of hydrogen-bond acceptors (Lipinski definition) is 2. The van der Waals surface area contributed by atoms with Crippen molar-refractivity contribution in [2.24, 2.45) is 0 Å². The van der Waals surface area contributed by atoms with Crippen LogP contribution < -0.4 is 5.32 Å². The van der Waals surface area contributed by atoms with Crippen LogP contribution in [0.2, 0.25) is 10.0 Å². The maximum atomic E-state index is 11.2. The van der Waals surface area contributed by atoms with E-state index in [0.717, 1.165) is 12.2 Å². The number of halogens is 2. The van der Waals surface area contributed by atoms with Crippen LogP contribution in [0.1, 0.15) is 0 Å². The number of carboxylic acids is 1. The van der Waals surface area contributed by atoms with Crippen molar-refractivity contribution in [1.82, 2.24) is 0 Å². The van der Waals surface area contributed by atoms with Crippen LogP contribution in [0.5, 0.6) is 0 Å². The van der Waals surface area contributed by atoms with Gasteiger partial charge in [-0.05, 0) is 12.1 Å². The molecule has 0 fully saturated rings. The van der Waals surface area contributed by atoms with E-state index in [1.54, 1.807) is 18.2 Å². The third-order valence-electron chi connectivity index (χ3n) is 1.59. The Morgan fingerprint density at radius 3 is 2.56 bits per heavy atom. The zero-order valence-corrected chi connectivity index (χ0v) is 9.42. The van der Waals surface area contributed by atoms with E-state index in [0.29, 0.717) is 10.7 Å². The van der Waals surface area contributed by atoms with Crippen molar-refractivity contribution in [1.29, 1.82) is 0 Å². The molecule has 1 aromatic carbocycles. The standard InChI is InChI=1S/C10H7Cl2NO3/c11-6-2-1-3-7(10(6)12)13-8(14)4-5-9(15)16/h1-5H,(H,13,14)(H,15,16). The molecular formula is C10H7Cl2NO3. The monoisotopic (exact) mass is 259 g/mol. The maximum absolute atomic E-state index is 11.2. The highest BCUT2D eigenvalue weighted by atomic mass is 35.5. The Bertz CT molecular complexity index is 457. The van der Waals surface area contributed by atoms with Crippen LogP contribution in [0.15, 0.2) is 30.4 Å². The molecule has 0 spiro atoms. The molecule has 0 aliphatic heterocycles. The van der Waals surface area contributed by atoms with Crippen molar-refractivity contribution in [3.63, 3.8) is 0 Å². The average molecular weight is 260 g/mol. The fourth-order valence-electron chi connectivity index (χ4n) is 0.922. The molecule has 2 N–H and O–H groups in total. The molecule has 0 bridgehead atoms. The third-order valence-corrected chi connectivity index (χ3v) is 2.41. The lowest BCUT2D eigenvalue weighted by Gasteiger charge is -2.05. The summed E-state index contributed by atoms with van der Waals surface area (Å²) in [5, 5.41) is 11.2. The Hall–Kier alpha value is -1.52. The lowest BCUT2D eigenvalue weighted by molar-refractivity contribution is -0.131. The van der Waals surface area contributed by atoms with Gasteiger partial charge in [0.25, 0.3) is 0 Å². The Morgan fingerprint density at radius 1 is 1.25 bits per heavy atom. The number of hydrogen-bond donors (Lipinski definition) is 2. The average Bonchev–Trinajstić information content (AvgIpc) is 2.22. The van der Waals surface area contributed by atoms with Crippen LogP contribution in [0.3, 0.4) is 0 Å². The molecule has 6 heteroatoms. The van der Waals surface area contributed by atoms with Gasteiger partial charge in [0, 0.05) is 12.2 Å². The number of amides is 1. The first-order chi connectivity index (χ1) is 7.50. The van der Waals surface area contributed by atoms with E-state index in [4.69, 9.17) is 28.3 Å². The lowest BCUT2D eigenvalue weighted by atomic mass is 10.3. The number of carbonyl (C=O) groups is 2. The molecule has 4 nitrogen and oxygen atoms in total. The smallest absolute Gasteiger partial charge is 0.328 e. The van der Waals surface area contributed by atoms with Crippen LogP contribution in [0.4, 0.5) is 5.69 Å². The van der Waals surface area contributed by atoms with E-state index >= 15 is 0 Å². The van der Waals surface area contributed by atoms with Crippen molar-refractivity contribution in [3.8, 4) is 0 Å². The van der Waals surface area contributed by atoms with Gasteiger partial charge in [-0.15, -0.1) is 0 Å². The summed E-state index contributed by atoms with van der Waals surface area (Å²) in [6.07, 6.45) is 1.62. The molecule has 0 aliphatic rings. The van der Waals surface area contributed by atoms with E-state index in [-0.39, 0.29) is 5.02 Å². The zero-order valence-electron chi connectivity index (χ0n) is 7.91. The number of nitrogens with one attached hydrogen (secondary N) is 1. The highest BCUT2D eigenvalue weighted by Crippen LogP contribution is 2.29. The predicted octanol–water partition coefficient (Wildman–Crippen LogP) is 2.57. The number of anilines is 1. The summed E-state index contributed by atoms with van der Waals surface area (Å²) in [6.45, 7) is 0. The van der Waals surface area contributed by atoms with Crippen LogP contribution >= 0.6 is 23.2 Å². The minimum atomic E-state index is -1.20. The molecule has 16 heavy (non-hydrogen) atoms. The lowest BCUT2D eigenvalue weighted by Crippen LogP contribution is -2.09. The molecule has 0 atom stereocenters. The Labute approximate surface area is 101 Å². The summed E-state index contributed by atoms with van der Waals surface area (Å²) >= 11 is 11.5. The molecule has 0 saturated heterocycles. The molecule has 1 amide bonds. The van der Waals surface area contributed by atoms with E-state index < -0.39 is 11.9 Å². The van der Waals surface area contributed by atoms with E-state index in [1.807, 2.05) is 0 Å². The topological polar surface area (TPSA) is 66.4 Å². The first-order valence-corrected chi connectivity index (χ1v) is 4.92. The zero-order chi connectivity index (χ0) is 12.1. The fraction of sp³-hybridized carbons (Fsp3) is 0. The Kier molecular flexibility index (Phi) is 4.34. The highest BCUT2D eigenvalue weighted by molar-refractivity contribution is 6.44. The van der Waals surface area contributed by atoms with Crippen molar-refractivity contribution in [3.05, 3.63) is 40.4 Å². The molecule has 1 rings (SSSR count). The van der Waals surface area contributed by atoms with E-state index in [1.165, 1.54) is 0 Å². The second kappa shape index (κ2) is 5.53. The quantitative estimate of drug-likeness (QED) is 0.821. The predicted molar refractivity (Wildman–Crippen MR) is 61.9 cm³/mol.